The molecule has 0 aliphatic carbocycles. The number of benzene rings is 1. The quantitative estimate of drug-likeness (QED) is 0.693. The maximum atomic E-state index is 11.5. The number of hydrogen-bond donors (Lipinski definition) is 2. The van der Waals surface area contributed by atoms with Gasteiger partial charge in [0.1, 0.15) is 11.5 Å². The van der Waals surface area contributed by atoms with E-state index in [1.807, 2.05) is 6.92 Å². The minimum Gasteiger partial charge on any atom is -0.494 e. The Kier molecular flexibility index (Phi) is 7.46. The molecule has 1 atom stereocenters. The number of carbonyl (C=O) groups excluding carboxylic acids is 1. The van der Waals surface area contributed by atoms with Crippen LogP contribution in [0.15, 0.2) is 24.3 Å². The van der Waals surface area contributed by atoms with Gasteiger partial charge in [0.15, 0.2) is 6.61 Å². The normalized spacial score (nSPS) is 11.8. The number of rotatable bonds is 9. The lowest BCUT2D eigenvalue weighted by Gasteiger charge is -2.11. The highest BCUT2D eigenvalue weighted by Crippen LogP contribution is 2.17. The van der Waals surface area contributed by atoms with Crippen molar-refractivity contribution in [3.05, 3.63) is 24.3 Å². The Bertz CT molecular complexity index is 393. The molecule has 1 amide bonds. The second kappa shape index (κ2) is 9.17. The highest BCUT2D eigenvalue weighted by Gasteiger charge is 2.07. The number of aliphatic hydroxyl groups excluding tert-OH is 1. The molecule has 0 spiro atoms. The molecule has 0 radical (unpaired) electrons. The molecule has 6 heteroatoms. The molecule has 0 heterocycles. The van der Waals surface area contributed by atoms with Gasteiger partial charge in [-0.2, -0.15) is 0 Å². The minimum absolute atomic E-state index is 0.103. The van der Waals surface area contributed by atoms with E-state index in [9.17, 15) is 9.90 Å². The number of aliphatic hydroxyl groups is 1. The van der Waals surface area contributed by atoms with E-state index in [0.29, 0.717) is 12.4 Å². The summed E-state index contributed by atoms with van der Waals surface area (Å²) in [7, 11) is 1.49. The zero-order valence-electron chi connectivity index (χ0n) is 11.8. The highest BCUT2D eigenvalue weighted by atomic mass is 16.5. The van der Waals surface area contributed by atoms with Gasteiger partial charge in [0.2, 0.25) is 0 Å². The van der Waals surface area contributed by atoms with Crippen molar-refractivity contribution in [3.8, 4) is 11.5 Å². The first-order chi connectivity index (χ1) is 9.65. The predicted molar refractivity (Wildman–Crippen MR) is 74.0 cm³/mol. The third-order valence-corrected chi connectivity index (χ3v) is 2.40. The van der Waals surface area contributed by atoms with Crippen LogP contribution in [0.5, 0.6) is 11.5 Å². The summed E-state index contributed by atoms with van der Waals surface area (Å²) in [6.45, 7) is 2.73. The van der Waals surface area contributed by atoms with Crippen molar-refractivity contribution in [2.75, 3.05) is 33.5 Å². The van der Waals surface area contributed by atoms with Crippen LogP contribution in [-0.4, -0.2) is 50.6 Å². The molecule has 1 unspecified atom stereocenters. The SMILES string of the molecule is CCOc1ccc(OCC(=O)NCC(O)COC)cc1. The lowest BCUT2D eigenvalue weighted by molar-refractivity contribution is -0.123. The smallest absolute Gasteiger partial charge is 0.258 e. The van der Waals surface area contributed by atoms with E-state index in [0.717, 1.165) is 5.75 Å². The molecule has 1 rings (SSSR count). The molecule has 1 aromatic rings. The average Bonchev–Trinajstić information content (AvgIpc) is 2.45. The first-order valence-corrected chi connectivity index (χ1v) is 6.45. The van der Waals surface area contributed by atoms with Crippen molar-refractivity contribution in [2.45, 2.75) is 13.0 Å². The van der Waals surface area contributed by atoms with Crippen LogP contribution in [0.2, 0.25) is 0 Å². The van der Waals surface area contributed by atoms with Crippen LogP contribution < -0.4 is 14.8 Å². The molecule has 20 heavy (non-hydrogen) atoms. The predicted octanol–water partition coefficient (Wildman–Crippen LogP) is 0.588. The summed E-state index contributed by atoms with van der Waals surface area (Å²) in [5.74, 6) is 1.04. The molecular formula is C14H21NO5. The number of amides is 1. The number of hydrogen-bond acceptors (Lipinski definition) is 5. The topological polar surface area (TPSA) is 77.0 Å². The number of methoxy groups -OCH3 is 1. The molecule has 0 aliphatic heterocycles. The molecule has 0 saturated carbocycles. The molecule has 0 aliphatic rings. The second-order valence-electron chi connectivity index (χ2n) is 4.11. The molecule has 1 aromatic carbocycles. The van der Waals surface area contributed by atoms with Crippen molar-refractivity contribution in [2.24, 2.45) is 0 Å². The summed E-state index contributed by atoms with van der Waals surface area (Å²) in [6.07, 6.45) is -0.713. The monoisotopic (exact) mass is 283 g/mol. The van der Waals surface area contributed by atoms with Gasteiger partial charge in [-0.15, -0.1) is 0 Å². The fourth-order valence-electron chi connectivity index (χ4n) is 1.48. The van der Waals surface area contributed by atoms with Crippen LogP contribution in [0, 0.1) is 0 Å². The van der Waals surface area contributed by atoms with Crippen LogP contribution in [0.3, 0.4) is 0 Å². The Balaban J connectivity index is 2.26. The van der Waals surface area contributed by atoms with Gasteiger partial charge in [-0.05, 0) is 31.2 Å². The van der Waals surface area contributed by atoms with Gasteiger partial charge >= 0.3 is 0 Å². The Morgan fingerprint density at radius 2 is 1.85 bits per heavy atom. The number of ether oxygens (including phenoxy) is 3. The maximum Gasteiger partial charge on any atom is 0.258 e. The van der Waals surface area contributed by atoms with E-state index >= 15 is 0 Å². The summed E-state index contributed by atoms with van der Waals surface area (Å²) < 4.78 is 15.4. The van der Waals surface area contributed by atoms with Crippen molar-refractivity contribution < 1.29 is 24.1 Å². The molecule has 0 fully saturated rings. The molecule has 0 saturated heterocycles. The van der Waals surface area contributed by atoms with Crippen molar-refractivity contribution in [3.63, 3.8) is 0 Å². The summed E-state index contributed by atoms with van der Waals surface area (Å²) in [5.41, 5.74) is 0. The lowest BCUT2D eigenvalue weighted by Crippen LogP contribution is -2.36. The maximum absolute atomic E-state index is 11.5. The Labute approximate surface area is 118 Å². The second-order valence-corrected chi connectivity index (χ2v) is 4.11. The lowest BCUT2D eigenvalue weighted by atomic mass is 10.3. The van der Waals surface area contributed by atoms with E-state index in [1.165, 1.54) is 7.11 Å². The van der Waals surface area contributed by atoms with E-state index in [2.05, 4.69) is 5.32 Å². The van der Waals surface area contributed by atoms with Crippen molar-refractivity contribution >= 4 is 5.91 Å². The third kappa shape index (κ3) is 6.40. The molecular weight excluding hydrogens is 262 g/mol. The highest BCUT2D eigenvalue weighted by molar-refractivity contribution is 5.77. The summed E-state index contributed by atoms with van der Waals surface area (Å²) in [4.78, 5) is 11.5. The van der Waals surface area contributed by atoms with Gasteiger partial charge in [0.05, 0.1) is 19.3 Å². The largest absolute Gasteiger partial charge is 0.494 e. The Hall–Kier alpha value is -1.79. The summed E-state index contributed by atoms with van der Waals surface area (Å²) in [6, 6.07) is 7.02. The minimum atomic E-state index is -0.713. The number of nitrogens with one attached hydrogen (secondary N) is 1. The van der Waals surface area contributed by atoms with Crippen LogP contribution in [0.4, 0.5) is 0 Å². The molecule has 6 nitrogen and oxygen atoms in total. The van der Waals surface area contributed by atoms with E-state index < -0.39 is 6.10 Å². The zero-order chi connectivity index (χ0) is 14.8. The molecule has 112 valence electrons. The average molecular weight is 283 g/mol. The van der Waals surface area contributed by atoms with Crippen LogP contribution in [0.25, 0.3) is 0 Å². The standard InChI is InChI=1S/C14H21NO5/c1-3-19-12-4-6-13(7-5-12)20-10-14(17)15-8-11(16)9-18-2/h4-7,11,16H,3,8-10H2,1-2H3,(H,15,17). The zero-order valence-corrected chi connectivity index (χ0v) is 11.8. The van der Waals surface area contributed by atoms with E-state index in [4.69, 9.17) is 14.2 Å². The first-order valence-electron chi connectivity index (χ1n) is 6.45. The van der Waals surface area contributed by atoms with E-state index in [1.54, 1.807) is 24.3 Å². The van der Waals surface area contributed by atoms with Gasteiger partial charge in [-0.1, -0.05) is 0 Å². The van der Waals surface area contributed by atoms with Crippen LogP contribution >= 0.6 is 0 Å². The molecule has 2 N–H and O–H groups in total. The van der Waals surface area contributed by atoms with Gasteiger partial charge in [-0.3, -0.25) is 4.79 Å². The van der Waals surface area contributed by atoms with Gasteiger partial charge < -0.3 is 24.6 Å². The number of carbonyl (C=O) groups is 1. The van der Waals surface area contributed by atoms with Gasteiger partial charge in [-0.25, -0.2) is 0 Å². The fourth-order valence-corrected chi connectivity index (χ4v) is 1.48. The fraction of sp³-hybridized carbons (Fsp3) is 0.500. The molecule has 0 bridgehead atoms. The molecule has 0 aromatic heterocycles. The summed E-state index contributed by atoms with van der Waals surface area (Å²) >= 11 is 0. The summed E-state index contributed by atoms with van der Waals surface area (Å²) in [5, 5.41) is 11.9. The van der Waals surface area contributed by atoms with Crippen LogP contribution in [-0.2, 0) is 9.53 Å². The third-order valence-electron chi connectivity index (χ3n) is 2.40. The van der Waals surface area contributed by atoms with Crippen LogP contribution in [0.1, 0.15) is 6.92 Å². The van der Waals surface area contributed by atoms with Gasteiger partial charge in [0, 0.05) is 13.7 Å². The van der Waals surface area contributed by atoms with Crippen molar-refractivity contribution in [1.82, 2.24) is 5.32 Å². The van der Waals surface area contributed by atoms with Gasteiger partial charge in [0.25, 0.3) is 5.91 Å². The Morgan fingerprint density at radius 1 is 1.25 bits per heavy atom. The first kappa shape index (κ1) is 16.3. The van der Waals surface area contributed by atoms with Crippen molar-refractivity contribution in [1.29, 1.82) is 0 Å². The Morgan fingerprint density at radius 3 is 2.40 bits per heavy atom. The van der Waals surface area contributed by atoms with E-state index in [-0.39, 0.29) is 25.7 Å².